The van der Waals surface area contributed by atoms with Crippen LogP contribution in [-0.2, 0) is 15.4 Å². The van der Waals surface area contributed by atoms with Gasteiger partial charge in [0.1, 0.15) is 5.60 Å². The van der Waals surface area contributed by atoms with Gasteiger partial charge in [0.25, 0.3) is 0 Å². The van der Waals surface area contributed by atoms with E-state index in [1.807, 2.05) is 19.1 Å². The van der Waals surface area contributed by atoms with Crippen molar-refractivity contribution in [1.29, 1.82) is 0 Å². The molecular weight excluding hydrogens is 220 g/mol. The fourth-order valence-electron chi connectivity index (χ4n) is 1.71. The quantitative estimate of drug-likeness (QED) is 0.788. The predicted octanol–water partition coefficient (Wildman–Crippen LogP) is 1.06. The zero-order valence-electron chi connectivity index (χ0n) is 7.86. The lowest BCUT2D eigenvalue weighted by Gasteiger charge is -2.18. The topological polar surface area (TPSA) is 54.4 Å². The van der Waals surface area contributed by atoms with E-state index in [1.54, 1.807) is 0 Å². The molecule has 1 aromatic heterocycles. The van der Waals surface area contributed by atoms with Gasteiger partial charge in [-0.3, -0.25) is 0 Å². The van der Waals surface area contributed by atoms with Crippen LogP contribution in [0.1, 0.15) is 16.2 Å². The third-order valence-corrected chi connectivity index (χ3v) is 5.42. The molecule has 0 aromatic carbocycles. The molecule has 2 rings (SSSR count). The first-order valence-corrected chi connectivity index (χ1v) is 7.05. The summed E-state index contributed by atoms with van der Waals surface area (Å²) in [6, 6.07) is 3.73. The summed E-state index contributed by atoms with van der Waals surface area (Å²) in [7, 11) is -3.04. The van der Waals surface area contributed by atoms with Crippen molar-refractivity contribution in [2.75, 3.05) is 11.5 Å². The van der Waals surface area contributed by atoms with Crippen LogP contribution in [0, 0.1) is 6.92 Å². The molecule has 0 bridgehead atoms. The van der Waals surface area contributed by atoms with Crippen LogP contribution in [0.2, 0.25) is 0 Å². The summed E-state index contributed by atoms with van der Waals surface area (Å²) in [5, 5.41) is 10.1. The molecule has 1 unspecified atom stereocenters. The summed E-state index contributed by atoms with van der Waals surface area (Å²) in [5.41, 5.74) is -1.13. The molecule has 0 radical (unpaired) electrons. The van der Waals surface area contributed by atoms with Crippen LogP contribution >= 0.6 is 11.3 Å². The van der Waals surface area contributed by atoms with Crippen molar-refractivity contribution in [3.63, 3.8) is 0 Å². The summed E-state index contributed by atoms with van der Waals surface area (Å²) in [6.07, 6.45) is 0.329. The molecule has 2 heterocycles. The van der Waals surface area contributed by atoms with E-state index in [4.69, 9.17) is 0 Å². The second-order valence-corrected chi connectivity index (χ2v) is 7.26. The third-order valence-electron chi connectivity index (χ3n) is 2.48. The third kappa shape index (κ3) is 1.71. The van der Waals surface area contributed by atoms with Crippen LogP contribution in [-0.4, -0.2) is 25.0 Å². The maximum Gasteiger partial charge on any atom is 0.153 e. The van der Waals surface area contributed by atoms with E-state index in [9.17, 15) is 13.5 Å². The molecule has 1 atom stereocenters. The van der Waals surface area contributed by atoms with Gasteiger partial charge in [0.15, 0.2) is 9.84 Å². The Hall–Kier alpha value is -0.390. The van der Waals surface area contributed by atoms with Crippen molar-refractivity contribution >= 4 is 21.2 Å². The van der Waals surface area contributed by atoms with E-state index in [0.29, 0.717) is 6.42 Å². The Morgan fingerprint density at radius 1 is 1.50 bits per heavy atom. The molecule has 14 heavy (non-hydrogen) atoms. The molecule has 5 heteroatoms. The minimum atomic E-state index is -3.04. The van der Waals surface area contributed by atoms with Crippen LogP contribution in [0.25, 0.3) is 0 Å². The Morgan fingerprint density at radius 2 is 2.21 bits per heavy atom. The highest BCUT2D eigenvalue weighted by Crippen LogP contribution is 2.37. The normalized spacial score (nSPS) is 30.7. The van der Waals surface area contributed by atoms with Crippen molar-refractivity contribution in [2.45, 2.75) is 18.9 Å². The van der Waals surface area contributed by atoms with Gasteiger partial charge in [-0.05, 0) is 25.5 Å². The van der Waals surface area contributed by atoms with Crippen LogP contribution in [0.3, 0.4) is 0 Å². The first-order valence-electron chi connectivity index (χ1n) is 4.41. The molecule has 1 aliphatic rings. The molecule has 0 spiro atoms. The number of aryl methyl sites for hydroxylation is 1. The van der Waals surface area contributed by atoms with Crippen molar-refractivity contribution in [2.24, 2.45) is 0 Å². The van der Waals surface area contributed by atoms with Gasteiger partial charge in [0.05, 0.1) is 11.5 Å². The zero-order valence-corrected chi connectivity index (χ0v) is 9.49. The molecule has 78 valence electrons. The molecule has 1 saturated heterocycles. The van der Waals surface area contributed by atoms with Gasteiger partial charge in [0.2, 0.25) is 0 Å². The minimum absolute atomic E-state index is 0.0977. The Morgan fingerprint density at radius 3 is 2.64 bits per heavy atom. The summed E-state index contributed by atoms with van der Waals surface area (Å²) in [5.74, 6) is -0.0274. The van der Waals surface area contributed by atoms with E-state index < -0.39 is 15.4 Å². The molecule has 0 saturated carbocycles. The number of thiophene rings is 1. The van der Waals surface area contributed by atoms with Gasteiger partial charge in [-0.1, -0.05) is 0 Å². The maximum absolute atomic E-state index is 11.3. The number of hydrogen-bond acceptors (Lipinski definition) is 4. The molecule has 1 N–H and O–H groups in total. The number of rotatable bonds is 1. The number of hydrogen-bond donors (Lipinski definition) is 1. The highest BCUT2D eigenvalue weighted by molar-refractivity contribution is 7.91. The SMILES string of the molecule is Cc1ccc(C2(O)CCS(=O)(=O)C2)s1. The van der Waals surface area contributed by atoms with Crippen molar-refractivity contribution < 1.29 is 13.5 Å². The lowest BCUT2D eigenvalue weighted by atomic mass is 10.0. The zero-order chi connectivity index (χ0) is 10.4. The highest BCUT2D eigenvalue weighted by atomic mass is 32.2. The Kier molecular flexibility index (Phi) is 2.21. The summed E-state index contributed by atoms with van der Waals surface area (Å²) >= 11 is 1.47. The van der Waals surface area contributed by atoms with Crippen molar-refractivity contribution in [1.82, 2.24) is 0 Å². The number of aliphatic hydroxyl groups is 1. The Labute approximate surface area is 87.3 Å². The average Bonchev–Trinajstić information content (AvgIpc) is 2.57. The summed E-state index contributed by atoms with van der Waals surface area (Å²) in [4.78, 5) is 1.87. The van der Waals surface area contributed by atoms with Crippen molar-refractivity contribution in [3.05, 3.63) is 21.9 Å². The highest BCUT2D eigenvalue weighted by Gasteiger charge is 2.42. The second kappa shape index (κ2) is 3.05. The van der Waals surface area contributed by atoms with E-state index in [1.165, 1.54) is 11.3 Å². The molecule has 3 nitrogen and oxygen atoms in total. The lowest BCUT2D eigenvalue weighted by Crippen LogP contribution is -2.25. The van der Waals surface area contributed by atoms with Crippen LogP contribution in [0.5, 0.6) is 0 Å². The first-order chi connectivity index (χ1) is 6.41. The standard InChI is InChI=1S/C9H12O3S2/c1-7-2-3-8(13-7)9(10)4-5-14(11,12)6-9/h2-3,10H,4-6H2,1H3. The van der Waals surface area contributed by atoms with Crippen LogP contribution < -0.4 is 0 Å². The van der Waals surface area contributed by atoms with E-state index in [-0.39, 0.29) is 11.5 Å². The smallest absolute Gasteiger partial charge is 0.153 e. The monoisotopic (exact) mass is 232 g/mol. The first kappa shape index (κ1) is 10.1. The molecule has 1 aliphatic heterocycles. The molecule has 0 amide bonds. The van der Waals surface area contributed by atoms with Gasteiger partial charge < -0.3 is 5.11 Å². The van der Waals surface area contributed by atoms with Gasteiger partial charge in [-0.2, -0.15) is 0 Å². The summed E-state index contributed by atoms with van der Waals surface area (Å²) < 4.78 is 22.5. The Balaban J connectivity index is 2.36. The molecule has 0 aliphatic carbocycles. The van der Waals surface area contributed by atoms with Crippen LogP contribution in [0.15, 0.2) is 12.1 Å². The molecular formula is C9H12O3S2. The maximum atomic E-state index is 11.3. The van der Waals surface area contributed by atoms with Crippen LogP contribution in [0.4, 0.5) is 0 Å². The lowest BCUT2D eigenvalue weighted by molar-refractivity contribution is 0.0692. The van der Waals surface area contributed by atoms with Gasteiger partial charge in [0, 0.05) is 9.75 Å². The fraction of sp³-hybridized carbons (Fsp3) is 0.556. The van der Waals surface area contributed by atoms with E-state index in [2.05, 4.69) is 0 Å². The minimum Gasteiger partial charge on any atom is -0.383 e. The van der Waals surface area contributed by atoms with Gasteiger partial charge in [-0.25, -0.2) is 8.42 Å². The Bertz CT molecular complexity index is 446. The van der Waals surface area contributed by atoms with Gasteiger partial charge in [-0.15, -0.1) is 11.3 Å². The average molecular weight is 232 g/mol. The number of sulfone groups is 1. The second-order valence-electron chi connectivity index (χ2n) is 3.78. The fourth-order valence-corrected chi connectivity index (χ4v) is 4.61. The van der Waals surface area contributed by atoms with Crippen molar-refractivity contribution in [3.8, 4) is 0 Å². The van der Waals surface area contributed by atoms with E-state index in [0.717, 1.165) is 9.75 Å². The van der Waals surface area contributed by atoms with E-state index >= 15 is 0 Å². The van der Waals surface area contributed by atoms with Gasteiger partial charge >= 0.3 is 0 Å². The molecule has 1 fully saturated rings. The largest absolute Gasteiger partial charge is 0.383 e. The predicted molar refractivity (Wildman–Crippen MR) is 56.2 cm³/mol. The summed E-state index contributed by atoms with van der Waals surface area (Å²) in [6.45, 7) is 1.95. The molecule has 1 aromatic rings.